The van der Waals surface area contributed by atoms with Gasteiger partial charge in [-0.05, 0) is 113 Å². The number of carbonyl (C=O) groups is 2. The second-order valence-corrected chi connectivity index (χ2v) is 24.6. The molecule has 0 saturated heterocycles. The standard InChI is InChI=1S/C84H50N2O2/c87-83-63-45-67-76(69(49-28-9-3-10-29-49)77(63)71-53-32-13-17-36-57(53)73(83)58-37-18-14-33-54(58)71)62-44-66-75(61-40-21-22-43-65(61)85(66)81-51(47-24-5-1-6-25-47)41-23-42-52(81)48-26-7-2-8-27-48)80-79-68(86(67)82(62)80)46-64-78(70(79)50-30-11-4-12-31-50)72-55-34-15-19-38-59(55)74(84(64)88)60-39-20-16-35-56(60)72/h1-46,71-74H. The number of hydrogen-bond acceptors (Lipinski definition) is 2. The van der Waals surface area contributed by atoms with E-state index in [9.17, 15) is 0 Å². The highest BCUT2D eigenvalue weighted by Gasteiger charge is 2.47. The Kier molecular flexibility index (Phi) is 9.67. The Morgan fingerprint density at radius 1 is 0.261 bits per heavy atom. The van der Waals surface area contributed by atoms with Crippen molar-refractivity contribution in [1.82, 2.24) is 8.97 Å². The highest BCUT2D eigenvalue weighted by molar-refractivity contribution is 6.39. The number of hydrogen-bond donors (Lipinski definition) is 0. The molecule has 0 saturated carbocycles. The van der Waals surface area contributed by atoms with Crippen molar-refractivity contribution < 1.29 is 9.59 Å². The van der Waals surface area contributed by atoms with E-state index in [0.717, 1.165) is 155 Å². The largest absolute Gasteiger partial charge is 0.308 e. The topological polar surface area (TPSA) is 43.5 Å². The zero-order chi connectivity index (χ0) is 57.6. The van der Waals surface area contributed by atoms with Crippen molar-refractivity contribution in [3.8, 4) is 50.2 Å². The molecule has 0 unspecified atom stereocenters. The van der Waals surface area contributed by atoms with Gasteiger partial charge in [-0.3, -0.25) is 9.59 Å². The number of fused-ring (bicyclic) bond motifs is 10. The number of aromatic nitrogens is 2. The molecule has 0 radical (unpaired) electrons. The maximum absolute atomic E-state index is 16.5. The Hall–Kier alpha value is -11.2. The molecule has 4 heteroatoms. The van der Waals surface area contributed by atoms with Gasteiger partial charge in [0.15, 0.2) is 11.6 Å². The fraction of sp³-hybridized carbons (Fsp3) is 0.0476. The predicted molar refractivity (Wildman–Crippen MR) is 357 cm³/mol. The molecule has 3 aromatic heterocycles. The molecule has 0 amide bonds. The zero-order valence-corrected chi connectivity index (χ0v) is 47.6. The summed E-state index contributed by atoms with van der Waals surface area (Å²) in [6.45, 7) is 0. The maximum atomic E-state index is 16.5. The van der Waals surface area contributed by atoms with Crippen molar-refractivity contribution in [3.05, 3.63) is 346 Å². The lowest BCUT2D eigenvalue weighted by Crippen LogP contribution is -2.19. The van der Waals surface area contributed by atoms with Crippen LogP contribution in [-0.4, -0.2) is 20.5 Å². The molecule has 4 nitrogen and oxygen atoms in total. The van der Waals surface area contributed by atoms with Gasteiger partial charge in [0.05, 0.1) is 45.1 Å². The molecule has 0 aliphatic heterocycles. The summed E-state index contributed by atoms with van der Waals surface area (Å²) in [5.74, 6) is -1.22. The lowest BCUT2D eigenvalue weighted by atomic mass is 9.71. The summed E-state index contributed by atoms with van der Waals surface area (Å²) < 4.78 is 5.06. The molecular formula is C84H50N2O2. The molecule has 6 aliphatic rings. The van der Waals surface area contributed by atoms with E-state index in [1.54, 1.807) is 0 Å². The van der Waals surface area contributed by atoms with Gasteiger partial charge >= 0.3 is 0 Å². The first-order chi connectivity index (χ1) is 43.6. The zero-order valence-electron chi connectivity index (χ0n) is 47.6. The molecule has 6 aliphatic carbocycles. The normalized spacial score (nSPS) is 16.9. The van der Waals surface area contributed by atoms with Crippen LogP contribution in [-0.2, 0) is 0 Å². The fourth-order valence-corrected chi connectivity index (χ4v) is 17.3. The fourth-order valence-electron chi connectivity index (χ4n) is 17.3. The molecule has 4 bridgehead atoms. The first-order valence-corrected chi connectivity index (χ1v) is 30.7. The van der Waals surface area contributed by atoms with Gasteiger partial charge in [-0.25, -0.2) is 0 Å². The van der Waals surface area contributed by atoms with Gasteiger partial charge in [0.25, 0.3) is 0 Å². The molecule has 13 aromatic carbocycles. The van der Waals surface area contributed by atoms with Gasteiger partial charge in [0.1, 0.15) is 0 Å². The van der Waals surface area contributed by atoms with Crippen molar-refractivity contribution in [3.63, 3.8) is 0 Å². The van der Waals surface area contributed by atoms with Crippen molar-refractivity contribution in [2.45, 2.75) is 23.7 Å². The highest BCUT2D eigenvalue weighted by Crippen LogP contribution is 2.61. The third kappa shape index (κ3) is 6.13. The van der Waals surface area contributed by atoms with Gasteiger partial charge in [0, 0.05) is 66.4 Å². The lowest BCUT2D eigenvalue weighted by Gasteiger charge is -2.31. The summed E-state index contributed by atoms with van der Waals surface area (Å²) in [6, 6.07) is 101. The Morgan fingerprint density at radius 3 is 1.09 bits per heavy atom. The minimum Gasteiger partial charge on any atom is -0.308 e. The van der Waals surface area contributed by atoms with Crippen LogP contribution in [0.3, 0.4) is 0 Å². The van der Waals surface area contributed by atoms with Gasteiger partial charge < -0.3 is 8.97 Å². The third-order valence-electron chi connectivity index (χ3n) is 20.5. The first kappa shape index (κ1) is 48.1. The summed E-state index contributed by atoms with van der Waals surface area (Å²) in [7, 11) is 0. The molecule has 0 atom stereocenters. The third-order valence-corrected chi connectivity index (χ3v) is 20.5. The smallest absolute Gasteiger partial charge is 0.175 e. The van der Waals surface area contributed by atoms with Gasteiger partial charge in [0.2, 0.25) is 0 Å². The summed E-state index contributed by atoms with van der Waals surface area (Å²) in [4.78, 5) is 33.0. The molecular weight excluding hydrogens is 1070 g/mol. The maximum Gasteiger partial charge on any atom is 0.175 e. The van der Waals surface area contributed by atoms with E-state index in [2.05, 4.69) is 288 Å². The summed E-state index contributed by atoms with van der Waals surface area (Å²) in [6.07, 6.45) is 0. The van der Waals surface area contributed by atoms with Crippen LogP contribution in [0, 0.1) is 0 Å². The van der Waals surface area contributed by atoms with E-state index >= 15 is 9.59 Å². The average molecular weight is 1120 g/mol. The van der Waals surface area contributed by atoms with E-state index in [1.165, 1.54) is 22.3 Å². The van der Waals surface area contributed by atoms with Crippen LogP contribution in [0.2, 0.25) is 0 Å². The van der Waals surface area contributed by atoms with E-state index in [4.69, 9.17) is 0 Å². The quantitative estimate of drug-likeness (QED) is 0.172. The van der Waals surface area contributed by atoms with E-state index < -0.39 is 11.8 Å². The van der Waals surface area contributed by atoms with Crippen molar-refractivity contribution in [2.75, 3.05) is 0 Å². The van der Waals surface area contributed by atoms with Crippen LogP contribution in [0.4, 0.5) is 0 Å². The van der Waals surface area contributed by atoms with Crippen LogP contribution in [0.25, 0.3) is 110 Å². The number of carbonyl (C=O) groups excluding carboxylic acids is 2. The van der Waals surface area contributed by atoms with Crippen LogP contribution >= 0.6 is 0 Å². The minimum absolute atomic E-state index is 0.104. The second kappa shape index (κ2) is 17.7. The van der Waals surface area contributed by atoms with Crippen LogP contribution < -0.4 is 0 Å². The molecule has 0 spiro atoms. The molecule has 0 N–H and O–H groups in total. The van der Waals surface area contributed by atoms with Crippen molar-refractivity contribution in [1.29, 1.82) is 0 Å². The molecule has 408 valence electrons. The van der Waals surface area contributed by atoms with Gasteiger partial charge in [-0.1, -0.05) is 255 Å². The monoisotopic (exact) mass is 1120 g/mol. The van der Waals surface area contributed by atoms with Gasteiger partial charge in [-0.15, -0.1) is 0 Å². The summed E-state index contributed by atoms with van der Waals surface area (Å²) in [5, 5.41) is 6.65. The van der Waals surface area contributed by atoms with E-state index in [1.807, 2.05) is 0 Å². The van der Waals surface area contributed by atoms with Gasteiger partial charge in [-0.2, -0.15) is 0 Å². The van der Waals surface area contributed by atoms with Crippen LogP contribution in [0.5, 0.6) is 0 Å². The Morgan fingerprint density at radius 2 is 0.636 bits per heavy atom. The first-order valence-electron chi connectivity index (χ1n) is 30.7. The second-order valence-electron chi connectivity index (χ2n) is 24.6. The molecule has 3 heterocycles. The van der Waals surface area contributed by atoms with E-state index in [0.29, 0.717) is 0 Å². The number of para-hydroxylation sites is 2. The molecule has 88 heavy (non-hydrogen) atoms. The van der Waals surface area contributed by atoms with E-state index in [-0.39, 0.29) is 23.4 Å². The number of ketones is 2. The predicted octanol–water partition coefficient (Wildman–Crippen LogP) is 20.2. The number of Topliss-reactive ketones (excluding diaryl/α,β-unsaturated/α-hetero) is 2. The Balaban J connectivity index is 1.06. The Labute approximate surface area is 506 Å². The minimum atomic E-state index is -0.484. The van der Waals surface area contributed by atoms with Crippen molar-refractivity contribution in [2.24, 2.45) is 0 Å². The Bertz CT molecular complexity index is 5580. The number of nitrogens with zero attached hydrogens (tertiary/aromatic N) is 2. The number of benzene rings is 13. The average Bonchev–Trinajstić information content (AvgIpc) is 1.50. The lowest BCUT2D eigenvalue weighted by molar-refractivity contribution is 0.0966. The SMILES string of the molecule is O=C1c2cc3c(c(-c4ccccc4)c2C2c4ccccc4C1c1ccccc12)c1cc2c(c4ccccc4n2-c2c(-c4ccccc4)cccc2-c2ccccc2)c2c4c(-c5ccccc5)c5c(cc4n3c12)C(=O)C1c2ccccc2C5c2ccccc21. The molecule has 16 aromatic rings. The summed E-state index contributed by atoms with van der Waals surface area (Å²) >= 11 is 0. The van der Waals surface area contributed by atoms with Crippen molar-refractivity contribution >= 4 is 71.5 Å². The molecule has 22 rings (SSSR count). The molecule has 0 fully saturated rings. The summed E-state index contributed by atoms with van der Waals surface area (Å²) in [5.41, 5.74) is 27.5. The number of rotatable bonds is 5. The van der Waals surface area contributed by atoms with Crippen LogP contribution in [0.1, 0.15) is 100 Å². The highest BCUT2D eigenvalue weighted by atomic mass is 16.1. The van der Waals surface area contributed by atoms with Crippen LogP contribution in [0.15, 0.2) is 279 Å².